The monoisotopic (exact) mass is 472 g/mol. The van der Waals surface area contributed by atoms with Crippen molar-refractivity contribution in [3.63, 3.8) is 0 Å². The molecule has 0 radical (unpaired) electrons. The molecule has 1 fully saturated rings. The van der Waals surface area contributed by atoms with Gasteiger partial charge in [-0.2, -0.15) is 0 Å². The third kappa shape index (κ3) is 4.49. The zero-order chi connectivity index (χ0) is 22.1. The largest absolute Gasteiger partial charge is 0.375 e. The molecule has 2 aliphatic rings. The second kappa shape index (κ2) is 9.59. The molecule has 2 aromatic heterocycles. The van der Waals surface area contributed by atoms with Crippen molar-refractivity contribution in [2.75, 3.05) is 56.4 Å². The maximum absolute atomic E-state index is 6.72. The first-order chi connectivity index (χ1) is 15.6. The summed E-state index contributed by atoms with van der Waals surface area (Å²) in [5, 5.41) is 2.71. The summed E-state index contributed by atoms with van der Waals surface area (Å²) in [7, 11) is 0. The van der Waals surface area contributed by atoms with Crippen LogP contribution >= 0.6 is 22.9 Å². The van der Waals surface area contributed by atoms with Crippen molar-refractivity contribution in [1.29, 1.82) is 0 Å². The van der Waals surface area contributed by atoms with Crippen LogP contribution in [0.3, 0.4) is 0 Å². The van der Waals surface area contributed by atoms with Gasteiger partial charge in [0.1, 0.15) is 0 Å². The van der Waals surface area contributed by atoms with Crippen LogP contribution in [0.25, 0.3) is 10.9 Å². The lowest BCUT2D eigenvalue weighted by Gasteiger charge is -2.39. The number of nitrogen functional groups attached to an aromatic ring is 1. The number of nitrogens with one attached hydrogen (secondary N) is 1. The highest BCUT2D eigenvalue weighted by molar-refractivity contribution is 7.15. The third-order valence-corrected chi connectivity index (χ3v) is 8.37. The minimum atomic E-state index is 0.621. The molecule has 8 heteroatoms. The quantitative estimate of drug-likeness (QED) is 0.538. The van der Waals surface area contributed by atoms with E-state index >= 15 is 0 Å². The van der Waals surface area contributed by atoms with Gasteiger partial charge < -0.3 is 15.6 Å². The zero-order valence-electron chi connectivity index (χ0n) is 18.8. The number of anilines is 2. The van der Waals surface area contributed by atoms with E-state index in [1.165, 1.54) is 30.0 Å². The van der Waals surface area contributed by atoms with Gasteiger partial charge in [0.05, 0.1) is 16.4 Å². The Morgan fingerprint density at radius 1 is 1.22 bits per heavy atom. The second-order valence-electron chi connectivity index (χ2n) is 9.02. The maximum Gasteiger partial charge on any atom is 0.180 e. The van der Waals surface area contributed by atoms with Gasteiger partial charge in [0, 0.05) is 67.3 Å². The number of thiazole rings is 1. The number of aromatic amines is 1. The molecule has 1 atom stereocenters. The van der Waals surface area contributed by atoms with Crippen LogP contribution < -0.4 is 10.6 Å². The lowest BCUT2D eigenvalue weighted by molar-refractivity contribution is 0.146. The van der Waals surface area contributed by atoms with Gasteiger partial charge in [-0.25, -0.2) is 4.98 Å². The number of rotatable bonds is 7. The molecule has 0 bridgehead atoms. The molecule has 0 spiro atoms. The molecule has 1 aromatic carbocycles. The van der Waals surface area contributed by atoms with Crippen LogP contribution in [0.1, 0.15) is 30.3 Å². The van der Waals surface area contributed by atoms with Crippen LogP contribution in [-0.2, 0) is 12.8 Å². The summed E-state index contributed by atoms with van der Waals surface area (Å²) >= 11 is 8.41. The molecule has 3 aromatic rings. The number of benzene rings is 1. The average Bonchev–Trinajstić information content (AvgIpc) is 3.43. The van der Waals surface area contributed by atoms with E-state index in [0.29, 0.717) is 6.04 Å². The number of hydrogen-bond acceptors (Lipinski definition) is 6. The number of H-pyrrole nitrogens is 1. The van der Waals surface area contributed by atoms with Crippen LogP contribution in [-0.4, -0.2) is 71.6 Å². The van der Waals surface area contributed by atoms with E-state index < -0.39 is 0 Å². The van der Waals surface area contributed by atoms with Gasteiger partial charge in [-0.05, 0) is 50.4 Å². The first kappa shape index (κ1) is 22.0. The molecule has 1 aliphatic heterocycles. The van der Waals surface area contributed by atoms with Gasteiger partial charge in [-0.3, -0.25) is 9.80 Å². The number of aromatic nitrogens is 2. The highest BCUT2D eigenvalue weighted by atomic mass is 35.5. The first-order valence-corrected chi connectivity index (χ1v) is 13.0. The van der Waals surface area contributed by atoms with Crippen LogP contribution in [0, 0.1) is 0 Å². The fourth-order valence-electron chi connectivity index (χ4n) is 5.26. The van der Waals surface area contributed by atoms with Crippen molar-refractivity contribution in [1.82, 2.24) is 19.8 Å². The Morgan fingerprint density at radius 2 is 2.06 bits per heavy atom. The minimum Gasteiger partial charge on any atom is -0.375 e. The summed E-state index contributed by atoms with van der Waals surface area (Å²) in [6, 6.07) is 6.98. The topological polar surface area (TPSA) is 64.4 Å². The van der Waals surface area contributed by atoms with Crippen molar-refractivity contribution < 1.29 is 0 Å². The molecule has 32 heavy (non-hydrogen) atoms. The molecular weight excluding hydrogens is 440 g/mol. The lowest BCUT2D eigenvalue weighted by Crippen LogP contribution is -2.50. The van der Waals surface area contributed by atoms with Gasteiger partial charge >= 0.3 is 0 Å². The molecule has 3 N–H and O–H groups in total. The summed E-state index contributed by atoms with van der Waals surface area (Å²) in [5.74, 6) is 0. The molecule has 3 heterocycles. The van der Waals surface area contributed by atoms with Crippen molar-refractivity contribution >= 4 is 44.7 Å². The van der Waals surface area contributed by atoms with E-state index in [4.69, 9.17) is 17.3 Å². The Kier molecular flexibility index (Phi) is 6.60. The Hall–Kier alpha value is -1.80. The van der Waals surface area contributed by atoms with Crippen molar-refractivity contribution in [2.24, 2.45) is 0 Å². The molecule has 172 valence electrons. The number of nitrogens with zero attached hydrogens (tertiary/aromatic N) is 4. The fourth-order valence-corrected chi connectivity index (χ4v) is 6.56. The molecule has 1 unspecified atom stereocenters. The normalized spacial score (nSPS) is 19.7. The van der Waals surface area contributed by atoms with E-state index in [1.807, 2.05) is 6.20 Å². The fraction of sp³-hybridized carbons (Fsp3) is 0.542. The first-order valence-electron chi connectivity index (χ1n) is 11.8. The number of nitrogens with two attached hydrogens (primary N) is 1. The number of fused-ring (bicyclic) bond motifs is 2. The van der Waals surface area contributed by atoms with E-state index in [-0.39, 0.29) is 0 Å². The van der Waals surface area contributed by atoms with Gasteiger partial charge in [0.15, 0.2) is 5.13 Å². The van der Waals surface area contributed by atoms with E-state index in [9.17, 15) is 0 Å². The smallest absolute Gasteiger partial charge is 0.180 e. The average molecular weight is 473 g/mol. The standard InChI is InChI=1S/C24H33ClN6S/c1-2-9-30(17-3-4-20-22(16-17)32-24(26)28-20)13-10-29-11-14-31(15-12-29)21-6-5-19-18(23(21)25)7-8-27-19/h5-8,17,27H,2-4,9-16H2,1H3,(H2,26,28). The van der Waals surface area contributed by atoms with Crippen molar-refractivity contribution in [3.8, 4) is 0 Å². The van der Waals surface area contributed by atoms with Crippen LogP contribution in [0.2, 0.25) is 5.02 Å². The van der Waals surface area contributed by atoms with Crippen LogP contribution in [0.5, 0.6) is 0 Å². The summed E-state index contributed by atoms with van der Waals surface area (Å²) < 4.78 is 0. The third-order valence-electron chi connectivity index (χ3n) is 7.02. The molecule has 5 rings (SSSR count). The zero-order valence-corrected chi connectivity index (χ0v) is 20.4. The maximum atomic E-state index is 6.72. The van der Waals surface area contributed by atoms with E-state index in [2.05, 4.69) is 49.8 Å². The van der Waals surface area contributed by atoms with Crippen molar-refractivity contribution in [3.05, 3.63) is 40.0 Å². The molecule has 0 saturated carbocycles. The van der Waals surface area contributed by atoms with Gasteiger partial charge in [-0.1, -0.05) is 18.5 Å². The predicted molar refractivity (Wildman–Crippen MR) is 136 cm³/mol. The number of piperazine rings is 1. The summed E-state index contributed by atoms with van der Waals surface area (Å²) in [6.07, 6.45) is 6.53. The Morgan fingerprint density at radius 3 is 2.88 bits per heavy atom. The number of hydrogen-bond donors (Lipinski definition) is 2. The summed E-state index contributed by atoms with van der Waals surface area (Å²) in [6.45, 7) is 9.94. The molecule has 1 saturated heterocycles. The van der Waals surface area contributed by atoms with E-state index in [0.717, 1.165) is 78.9 Å². The number of halogens is 1. The highest BCUT2D eigenvalue weighted by Crippen LogP contribution is 2.34. The van der Waals surface area contributed by atoms with Crippen LogP contribution in [0.15, 0.2) is 24.4 Å². The highest BCUT2D eigenvalue weighted by Gasteiger charge is 2.27. The molecule has 6 nitrogen and oxygen atoms in total. The van der Waals surface area contributed by atoms with E-state index in [1.54, 1.807) is 11.3 Å². The Labute approximate surface area is 199 Å². The summed E-state index contributed by atoms with van der Waals surface area (Å²) in [4.78, 5) is 16.9. The Bertz CT molecular complexity index is 1050. The van der Waals surface area contributed by atoms with Gasteiger partial charge in [-0.15, -0.1) is 11.3 Å². The van der Waals surface area contributed by atoms with Crippen molar-refractivity contribution in [2.45, 2.75) is 38.6 Å². The van der Waals surface area contributed by atoms with Gasteiger partial charge in [0.25, 0.3) is 0 Å². The minimum absolute atomic E-state index is 0.621. The van der Waals surface area contributed by atoms with Gasteiger partial charge in [0.2, 0.25) is 0 Å². The molecular formula is C24H33ClN6S. The predicted octanol–water partition coefficient (Wildman–Crippen LogP) is 4.25. The SMILES string of the molecule is CCCN(CCN1CCN(c2ccc3[nH]ccc3c2Cl)CC1)C1CCc2nc(N)sc2C1. The molecule has 1 aliphatic carbocycles. The number of aryl methyl sites for hydroxylation is 1. The Balaban J connectivity index is 1.16. The lowest BCUT2D eigenvalue weighted by atomic mass is 9.96. The molecule has 0 amide bonds. The van der Waals surface area contributed by atoms with Crippen LogP contribution in [0.4, 0.5) is 10.8 Å². The summed E-state index contributed by atoms with van der Waals surface area (Å²) in [5.41, 5.74) is 9.46. The second-order valence-corrected chi connectivity index (χ2v) is 10.5.